The highest BCUT2D eigenvalue weighted by atomic mass is 16.1. The van der Waals surface area contributed by atoms with Gasteiger partial charge in [-0.25, -0.2) is 9.50 Å². The highest BCUT2D eigenvalue weighted by molar-refractivity contribution is 5.63. The fraction of sp³-hybridized carbons (Fsp3) is 0.176. The number of aryl methyl sites for hydroxylation is 1. The number of aromatic amines is 1. The summed E-state index contributed by atoms with van der Waals surface area (Å²) < 4.78 is 3.25. The van der Waals surface area contributed by atoms with Crippen molar-refractivity contribution in [3.8, 4) is 11.3 Å². The van der Waals surface area contributed by atoms with E-state index in [2.05, 4.69) is 20.2 Å². The van der Waals surface area contributed by atoms with Crippen LogP contribution in [0.3, 0.4) is 0 Å². The number of nitrogens with one attached hydrogen (secondary N) is 1. The molecule has 7 heteroatoms. The third kappa shape index (κ3) is 2.40. The van der Waals surface area contributed by atoms with E-state index >= 15 is 0 Å². The van der Waals surface area contributed by atoms with E-state index in [4.69, 9.17) is 0 Å². The summed E-state index contributed by atoms with van der Waals surface area (Å²) in [5.74, 6) is 0. The quantitative estimate of drug-likeness (QED) is 0.627. The molecule has 1 N–H and O–H groups in total. The molecule has 4 heterocycles. The number of fused-ring (bicyclic) bond motifs is 1. The van der Waals surface area contributed by atoms with E-state index in [0.717, 1.165) is 17.0 Å². The fourth-order valence-electron chi connectivity index (χ4n) is 2.68. The minimum Gasteiger partial charge on any atom is -0.289 e. The summed E-state index contributed by atoms with van der Waals surface area (Å²) in [5.41, 5.74) is 3.74. The van der Waals surface area contributed by atoms with E-state index in [1.165, 1.54) is 10.6 Å². The third-order valence-corrected chi connectivity index (χ3v) is 4.01. The van der Waals surface area contributed by atoms with Crippen molar-refractivity contribution < 1.29 is 0 Å². The number of rotatable bonds is 3. The summed E-state index contributed by atoms with van der Waals surface area (Å²) in [6.07, 6.45) is 5.34. The second-order valence-corrected chi connectivity index (χ2v) is 5.74. The Morgan fingerprint density at radius 2 is 2.12 bits per heavy atom. The van der Waals surface area contributed by atoms with Gasteiger partial charge in [0.05, 0.1) is 23.1 Å². The predicted molar refractivity (Wildman–Crippen MR) is 89.8 cm³/mol. The Morgan fingerprint density at radius 3 is 2.83 bits per heavy atom. The molecule has 7 nitrogen and oxygen atoms in total. The van der Waals surface area contributed by atoms with Crippen molar-refractivity contribution in [3.63, 3.8) is 0 Å². The SMILES string of the molecule is Cc1ccn(C(C)c2cc(=O)n3[nH]c(-c4cccnc4)cc3n2)n1. The van der Waals surface area contributed by atoms with Gasteiger partial charge in [0.2, 0.25) is 0 Å². The van der Waals surface area contributed by atoms with Crippen LogP contribution in [0.15, 0.2) is 53.7 Å². The van der Waals surface area contributed by atoms with E-state index in [-0.39, 0.29) is 11.6 Å². The van der Waals surface area contributed by atoms with Crippen molar-refractivity contribution in [1.29, 1.82) is 0 Å². The summed E-state index contributed by atoms with van der Waals surface area (Å²) in [4.78, 5) is 21.2. The van der Waals surface area contributed by atoms with Crippen LogP contribution in [0.5, 0.6) is 0 Å². The first-order valence-corrected chi connectivity index (χ1v) is 7.67. The zero-order valence-electron chi connectivity index (χ0n) is 13.3. The molecule has 0 bridgehead atoms. The van der Waals surface area contributed by atoms with Crippen LogP contribution in [0, 0.1) is 6.92 Å². The molecule has 0 saturated heterocycles. The van der Waals surface area contributed by atoms with Gasteiger partial charge in [0.1, 0.15) is 0 Å². The van der Waals surface area contributed by atoms with Crippen molar-refractivity contribution in [3.05, 3.63) is 70.7 Å². The summed E-state index contributed by atoms with van der Waals surface area (Å²) in [7, 11) is 0. The minimum atomic E-state index is -0.152. The lowest BCUT2D eigenvalue weighted by Crippen LogP contribution is -2.19. The number of aromatic nitrogens is 6. The zero-order chi connectivity index (χ0) is 16.7. The van der Waals surface area contributed by atoms with Crippen LogP contribution in [0.2, 0.25) is 0 Å². The van der Waals surface area contributed by atoms with Gasteiger partial charge < -0.3 is 0 Å². The number of pyridine rings is 1. The molecule has 24 heavy (non-hydrogen) atoms. The number of nitrogens with zero attached hydrogens (tertiary/aromatic N) is 5. The molecule has 0 spiro atoms. The molecular weight excluding hydrogens is 304 g/mol. The van der Waals surface area contributed by atoms with Gasteiger partial charge in [-0.05, 0) is 32.0 Å². The summed E-state index contributed by atoms with van der Waals surface area (Å²) in [6, 6.07) is 8.98. The normalized spacial score (nSPS) is 12.6. The molecule has 0 amide bonds. The van der Waals surface area contributed by atoms with Gasteiger partial charge in [-0.2, -0.15) is 5.10 Å². The molecule has 1 atom stereocenters. The summed E-state index contributed by atoms with van der Waals surface area (Å²) in [5, 5.41) is 7.47. The Bertz CT molecular complexity index is 1060. The Hall–Kier alpha value is -3.22. The Labute approximate surface area is 137 Å². The Morgan fingerprint density at radius 1 is 1.25 bits per heavy atom. The maximum Gasteiger partial charge on any atom is 0.272 e. The standard InChI is InChI=1S/C17H16N6O/c1-11-5-7-22(20-11)12(2)14-9-17(24)23-16(19-14)8-15(21-23)13-4-3-6-18-10-13/h3-10,12,21H,1-2H3. The molecule has 0 aliphatic heterocycles. The number of hydrogen-bond acceptors (Lipinski definition) is 4. The van der Waals surface area contributed by atoms with Gasteiger partial charge in [-0.1, -0.05) is 0 Å². The van der Waals surface area contributed by atoms with Gasteiger partial charge in [0, 0.05) is 36.3 Å². The van der Waals surface area contributed by atoms with E-state index < -0.39 is 0 Å². The molecular formula is C17H16N6O. The van der Waals surface area contributed by atoms with Gasteiger partial charge in [0.25, 0.3) is 5.56 Å². The number of hydrogen-bond donors (Lipinski definition) is 1. The van der Waals surface area contributed by atoms with Crippen LogP contribution in [-0.4, -0.2) is 29.4 Å². The van der Waals surface area contributed by atoms with E-state index in [9.17, 15) is 4.79 Å². The average Bonchev–Trinajstić information content (AvgIpc) is 3.21. The Kier molecular flexibility index (Phi) is 3.26. The molecule has 4 aromatic rings. The highest BCUT2D eigenvalue weighted by Gasteiger charge is 2.14. The second-order valence-electron chi connectivity index (χ2n) is 5.74. The molecule has 0 radical (unpaired) electrons. The van der Waals surface area contributed by atoms with Crippen LogP contribution in [0.25, 0.3) is 16.9 Å². The average molecular weight is 320 g/mol. The molecule has 0 aliphatic rings. The maximum absolute atomic E-state index is 12.4. The summed E-state index contributed by atoms with van der Waals surface area (Å²) >= 11 is 0. The lowest BCUT2D eigenvalue weighted by molar-refractivity contribution is 0.546. The lowest BCUT2D eigenvalue weighted by Gasteiger charge is -2.11. The molecule has 0 aromatic carbocycles. The molecule has 0 aliphatic carbocycles. The van der Waals surface area contributed by atoms with Crippen LogP contribution in [0.4, 0.5) is 0 Å². The summed E-state index contributed by atoms with van der Waals surface area (Å²) in [6.45, 7) is 3.90. The van der Waals surface area contributed by atoms with Crippen molar-refractivity contribution in [2.75, 3.05) is 0 Å². The van der Waals surface area contributed by atoms with E-state index in [1.54, 1.807) is 12.4 Å². The minimum absolute atomic E-state index is 0.117. The van der Waals surface area contributed by atoms with Crippen molar-refractivity contribution in [2.45, 2.75) is 19.9 Å². The monoisotopic (exact) mass is 320 g/mol. The lowest BCUT2D eigenvalue weighted by atomic mass is 10.2. The second kappa shape index (κ2) is 5.45. The third-order valence-electron chi connectivity index (χ3n) is 4.01. The largest absolute Gasteiger partial charge is 0.289 e. The Balaban J connectivity index is 1.81. The fourth-order valence-corrected chi connectivity index (χ4v) is 2.68. The predicted octanol–water partition coefficient (Wildman–Crippen LogP) is 2.20. The smallest absolute Gasteiger partial charge is 0.272 e. The van der Waals surface area contributed by atoms with Crippen molar-refractivity contribution in [2.24, 2.45) is 0 Å². The van der Waals surface area contributed by atoms with Crippen LogP contribution in [0.1, 0.15) is 24.4 Å². The van der Waals surface area contributed by atoms with E-state index in [1.807, 2.05) is 49.0 Å². The van der Waals surface area contributed by atoms with Crippen LogP contribution < -0.4 is 5.56 Å². The first-order chi connectivity index (χ1) is 11.6. The van der Waals surface area contributed by atoms with E-state index in [0.29, 0.717) is 11.3 Å². The van der Waals surface area contributed by atoms with Crippen molar-refractivity contribution >= 4 is 5.65 Å². The molecule has 4 aromatic heterocycles. The zero-order valence-corrected chi connectivity index (χ0v) is 13.3. The highest BCUT2D eigenvalue weighted by Crippen LogP contribution is 2.19. The molecule has 120 valence electrons. The first kappa shape index (κ1) is 14.4. The molecule has 0 saturated carbocycles. The molecule has 1 unspecified atom stereocenters. The molecule has 4 rings (SSSR count). The first-order valence-electron chi connectivity index (χ1n) is 7.67. The van der Waals surface area contributed by atoms with Crippen molar-refractivity contribution in [1.82, 2.24) is 29.4 Å². The topological polar surface area (TPSA) is 80.9 Å². The van der Waals surface area contributed by atoms with Gasteiger partial charge in [-0.15, -0.1) is 0 Å². The van der Waals surface area contributed by atoms with Gasteiger partial charge in [-0.3, -0.25) is 19.6 Å². The van der Waals surface area contributed by atoms with Crippen LogP contribution >= 0.6 is 0 Å². The van der Waals surface area contributed by atoms with Crippen LogP contribution in [-0.2, 0) is 0 Å². The molecule has 0 fully saturated rings. The van der Waals surface area contributed by atoms with Gasteiger partial charge in [0.15, 0.2) is 5.65 Å². The maximum atomic E-state index is 12.4. The van der Waals surface area contributed by atoms with Gasteiger partial charge >= 0.3 is 0 Å². The number of H-pyrrole nitrogens is 1.